The van der Waals surface area contributed by atoms with Crippen LogP contribution >= 0.6 is 0 Å². The molecule has 1 fully saturated rings. The summed E-state index contributed by atoms with van der Waals surface area (Å²) in [6.07, 6.45) is -17.0. The Labute approximate surface area is 155 Å². The lowest BCUT2D eigenvalue weighted by atomic mass is 10.3. The van der Waals surface area contributed by atoms with Gasteiger partial charge in [0.2, 0.25) is 0 Å². The maximum absolute atomic E-state index is 12.2. The molecule has 0 aromatic heterocycles. The second-order valence-electron chi connectivity index (χ2n) is 5.83. The van der Waals surface area contributed by atoms with Crippen molar-refractivity contribution in [3.8, 4) is 0 Å². The van der Waals surface area contributed by atoms with Crippen LogP contribution in [0.2, 0.25) is 18.1 Å². The highest BCUT2D eigenvalue weighted by Crippen LogP contribution is 2.28. The van der Waals surface area contributed by atoms with E-state index < -0.39 is 65.6 Å². The van der Waals surface area contributed by atoms with Gasteiger partial charge in [0.1, 0.15) is 0 Å². The summed E-state index contributed by atoms with van der Waals surface area (Å²) in [5.74, 6) is 0. The highest BCUT2D eigenvalue weighted by molar-refractivity contribution is 6.73. The van der Waals surface area contributed by atoms with Crippen molar-refractivity contribution >= 4 is 27.9 Å². The highest BCUT2D eigenvalue weighted by atomic mass is 28.5. The van der Waals surface area contributed by atoms with Gasteiger partial charge in [0.05, 0.1) is 0 Å². The third-order valence-electron chi connectivity index (χ3n) is 3.21. The number of halogens is 9. The minimum atomic E-state index is -4.35. The second-order valence-corrected chi connectivity index (χ2v) is 12.0. The standard InChI is InChI=1S/C12H18F9O3Si3/c13-10(14,15)4-1-7-25-22-26(8-2-5-11(16,17)18)24-27(23-25)9-3-6-12(19,20)21/h1-9H2. The Balaban J connectivity index is 2.51. The zero-order valence-corrected chi connectivity index (χ0v) is 17.0. The summed E-state index contributed by atoms with van der Waals surface area (Å²) in [6, 6.07) is -0.142. The van der Waals surface area contributed by atoms with Crippen LogP contribution in [-0.2, 0) is 12.3 Å². The number of rotatable bonds is 9. The van der Waals surface area contributed by atoms with Crippen LogP contribution in [0.3, 0.4) is 0 Å². The molecule has 0 unspecified atom stereocenters. The van der Waals surface area contributed by atoms with Crippen molar-refractivity contribution in [2.75, 3.05) is 0 Å². The van der Waals surface area contributed by atoms with Gasteiger partial charge in [0.15, 0.2) is 0 Å². The quantitative estimate of drug-likeness (QED) is 0.331. The molecule has 15 heteroatoms. The van der Waals surface area contributed by atoms with Gasteiger partial charge in [-0.15, -0.1) is 0 Å². The molecule has 0 N–H and O–H groups in total. The molecule has 0 saturated carbocycles. The lowest BCUT2D eigenvalue weighted by molar-refractivity contribution is -0.135. The fraction of sp³-hybridized carbons (Fsp3) is 1.00. The maximum Gasteiger partial charge on any atom is 0.389 e. The Morgan fingerprint density at radius 2 is 0.667 bits per heavy atom. The van der Waals surface area contributed by atoms with Gasteiger partial charge in [-0.3, -0.25) is 0 Å². The van der Waals surface area contributed by atoms with Crippen LogP contribution in [-0.4, -0.2) is 46.4 Å². The van der Waals surface area contributed by atoms with Crippen molar-refractivity contribution in [2.45, 2.75) is 75.2 Å². The normalized spacial score (nSPS) is 19.0. The van der Waals surface area contributed by atoms with Gasteiger partial charge >= 0.3 is 46.4 Å². The first-order chi connectivity index (χ1) is 12.2. The Morgan fingerprint density at radius 1 is 0.444 bits per heavy atom. The first-order valence-corrected chi connectivity index (χ1v) is 12.6. The molecule has 1 heterocycles. The molecule has 0 atom stereocenters. The number of hydrogen-bond acceptors (Lipinski definition) is 3. The maximum atomic E-state index is 12.2. The molecule has 0 bridgehead atoms. The Hall–Kier alpha value is -0.0994. The van der Waals surface area contributed by atoms with E-state index in [4.69, 9.17) is 12.3 Å². The van der Waals surface area contributed by atoms with E-state index in [1.54, 1.807) is 0 Å². The minimum absolute atomic E-state index is 0.0472. The van der Waals surface area contributed by atoms with E-state index in [1.807, 2.05) is 0 Å². The van der Waals surface area contributed by atoms with E-state index >= 15 is 0 Å². The Bertz CT molecular complexity index is 363. The van der Waals surface area contributed by atoms with E-state index in [0.717, 1.165) is 0 Å². The number of alkyl halides is 9. The second kappa shape index (κ2) is 10.6. The van der Waals surface area contributed by atoms with Gasteiger partial charge in [0, 0.05) is 19.3 Å². The summed E-state index contributed by atoms with van der Waals surface area (Å²) in [7, 11) is -6.58. The smallest absolute Gasteiger partial charge is 0.389 e. The molecule has 0 spiro atoms. The van der Waals surface area contributed by atoms with Gasteiger partial charge in [-0.2, -0.15) is 39.5 Å². The van der Waals surface area contributed by atoms with Crippen LogP contribution in [0, 0.1) is 0 Å². The Morgan fingerprint density at radius 3 is 0.852 bits per heavy atom. The molecule has 0 amide bonds. The summed E-state index contributed by atoms with van der Waals surface area (Å²) < 4.78 is 126. The van der Waals surface area contributed by atoms with Crippen LogP contribution < -0.4 is 0 Å². The summed E-state index contributed by atoms with van der Waals surface area (Å²) >= 11 is 0. The SMILES string of the molecule is FC(F)(F)CCC[Si]1O[Si](CCCC(F)(F)F)O[Si](CCCC(F)(F)F)O1. The molecule has 1 aliphatic heterocycles. The molecular weight excluding hydrogens is 447 g/mol. The summed E-state index contributed by atoms with van der Waals surface area (Å²) in [5.41, 5.74) is 0. The van der Waals surface area contributed by atoms with Crippen molar-refractivity contribution in [2.24, 2.45) is 0 Å². The van der Waals surface area contributed by atoms with E-state index in [2.05, 4.69) is 0 Å². The predicted molar refractivity (Wildman–Crippen MR) is 80.8 cm³/mol. The van der Waals surface area contributed by atoms with Crippen LogP contribution in [0.1, 0.15) is 38.5 Å². The third kappa shape index (κ3) is 13.7. The fourth-order valence-electron chi connectivity index (χ4n) is 2.05. The van der Waals surface area contributed by atoms with E-state index in [9.17, 15) is 39.5 Å². The van der Waals surface area contributed by atoms with Crippen molar-refractivity contribution in [1.29, 1.82) is 0 Å². The van der Waals surface area contributed by atoms with Gasteiger partial charge in [0.25, 0.3) is 0 Å². The lowest BCUT2D eigenvalue weighted by Gasteiger charge is -2.32. The molecule has 159 valence electrons. The molecule has 1 saturated heterocycles. The van der Waals surface area contributed by atoms with Gasteiger partial charge in [-0.05, 0) is 37.4 Å². The first kappa shape index (κ1) is 24.9. The average Bonchev–Trinajstić information content (AvgIpc) is 2.43. The highest BCUT2D eigenvalue weighted by Gasteiger charge is 2.39. The zero-order chi connectivity index (χ0) is 20.7. The largest absolute Gasteiger partial charge is 0.414 e. The minimum Gasteiger partial charge on any atom is -0.414 e. The molecule has 0 aliphatic carbocycles. The van der Waals surface area contributed by atoms with E-state index in [-0.39, 0.29) is 37.4 Å². The molecule has 1 rings (SSSR count). The van der Waals surface area contributed by atoms with Crippen molar-refractivity contribution in [1.82, 2.24) is 0 Å². The predicted octanol–water partition coefficient (Wildman–Crippen LogP) is 5.54. The number of hydrogen-bond donors (Lipinski definition) is 0. The topological polar surface area (TPSA) is 27.7 Å². The van der Waals surface area contributed by atoms with Crippen molar-refractivity contribution in [3.63, 3.8) is 0 Å². The molecule has 27 heavy (non-hydrogen) atoms. The zero-order valence-electron chi connectivity index (χ0n) is 14.0. The molecule has 3 radical (unpaired) electrons. The summed E-state index contributed by atoms with van der Waals surface area (Å²) in [4.78, 5) is 0. The molecular formula is C12H18F9O3Si3. The third-order valence-corrected chi connectivity index (χ3v) is 11.0. The lowest BCUT2D eigenvalue weighted by Crippen LogP contribution is -2.48. The van der Waals surface area contributed by atoms with Gasteiger partial charge < -0.3 is 12.3 Å². The Kier molecular flexibility index (Phi) is 9.80. The summed E-state index contributed by atoms with van der Waals surface area (Å²) in [6.45, 7) is 0. The molecule has 0 aromatic carbocycles. The monoisotopic (exact) mass is 465 g/mol. The van der Waals surface area contributed by atoms with Crippen molar-refractivity contribution < 1.29 is 51.9 Å². The average molecular weight is 466 g/mol. The van der Waals surface area contributed by atoms with Crippen molar-refractivity contribution in [3.05, 3.63) is 0 Å². The van der Waals surface area contributed by atoms with E-state index in [1.165, 1.54) is 0 Å². The van der Waals surface area contributed by atoms with E-state index in [0.29, 0.717) is 0 Å². The van der Waals surface area contributed by atoms with Crippen LogP contribution in [0.5, 0.6) is 0 Å². The van der Waals surface area contributed by atoms with Crippen LogP contribution in [0.15, 0.2) is 0 Å². The summed E-state index contributed by atoms with van der Waals surface area (Å²) in [5, 5.41) is 0. The molecule has 1 aliphatic rings. The molecule has 3 nitrogen and oxygen atoms in total. The fourth-order valence-corrected chi connectivity index (χ4v) is 10.6. The molecule has 0 aromatic rings. The first-order valence-electron chi connectivity index (χ1n) is 8.05. The van der Waals surface area contributed by atoms with Crippen LogP contribution in [0.25, 0.3) is 0 Å². The van der Waals surface area contributed by atoms with Gasteiger partial charge in [-0.25, -0.2) is 0 Å². The van der Waals surface area contributed by atoms with Gasteiger partial charge in [-0.1, -0.05) is 0 Å². The van der Waals surface area contributed by atoms with Crippen LogP contribution in [0.4, 0.5) is 39.5 Å².